The highest BCUT2D eigenvalue weighted by atomic mass is 16.2. The zero-order valence-electron chi connectivity index (χ0n) is 14.6. The molecule has 3 heterocycles. The van der Waals surface area contributed by atoms with Crippen molar-refractivity contribution in [3.8, 4) is 0 Å². The molecule has 0 spiro atoms. The van der Waals surface area contributed by atoms with Gasteiger partial charge in [-0.2, -0.15) is 4.52 Å². The molecule has 4 rings (SSSR count). The molecular weight excluding hydrogens is 318 g/mol. The summed E-state index contributed by atoms with van der Waals surface area (Å²) in [7, 11) is 0. The Bertz CT molecular complexity index is 731. The van der Waals surface area contributed by atoms with Crippen LogP contribution in [0.4, 0.5) is 5.82 Å². The quantitative estimate of drug-likeness (QED) is 0.880. The van der Waals surface area contributed by atoms with Gasteiger partial charge in [-0.15, -0.1) is 15.3 Å². The molecule has 2 fully saturated rings. The maximum atomic E-state index is 12.5. The van der Waals surface area contributed by atoms with Crippen molar-refractivity contribution in [1.29, 1.82) is 0 Å². The van der Waals surface area contributed by atoms with Crippen molar-refractivity contribution in [3.05, 3.63) is 18.5 Å². The molecular formula is C17H25N7O. The fourth-order valence-electron chi connectivity index (χ4n) is 3.78. The maximum absolute atomic E-state index is 12.5. The highest BCUT2D eigenvalue weighted by Crippen LogP contribution is 2.19. The first-order valence-corrected chi connectivity index (χ1v) is 9.17. The number of carbonyl (C=O) groups is 1. The molecule has 25 heavy (non-hydrogen) atoms. The highest BCUT2D eigenvalue weighted by Gasteiger charge is 2.28. The van der Waals surface area contributed by atoms with Crippen LogP contribution in [0.2, 0.25) is 0 Å². The van der Waals surface area contributed by atoms with Crippen LogP contribution >= 0.6 is 0 Å². The summed E-state index contributed by atoms with van der Waals surface area (Å²) >= 11 is 0. The molecule has 2 aromatic rings. The van der Waals surface area contributed by atoms with E-state index in [1.165, 1.54) is 12.8 Å². The number of nitrogens with zero attached hydrogens (tertiary/aromatic N) is 6. The summed E-state index contributed by atoms with van der Waals surface area (Å²) < 4.78 is 1.69. The van der Waals surface area contributed by atoms with Crippen LogP contribution in [0.15, 0.2) is 18.5 Å². The Morgan fingerprint density at radius 3 is 2.72 bits per heavy atom. The zero-order valence-corrected chi connectivity index (χ0v) is 14.6. The fourth-order valence-corrected chi connectivity index (χ4v) is 3.78. The van der Waals surface area contributed by atoms with Gasteiger partial charge >= 0.3 is 0 Å². The lowest BCUT2D eigenvalue weighted by atomic mass is 10.2. The van der Waals surface area contributed by atoms with Crippen LogP contribution in [0.25, 0.3) is 5.65 Å². The monoisotopic (exact) mass is 343 g/mol. The summed E-state index contributed by atoms with van der Waals surface area (Å²) in [6.45, 7) is 5.47. The minimum Gasteiger partial charge on any atom is -0.353 e. The number of amides is 1. The molecule has 1 aliphatic carbocycles. The van der Waals surface area contributed by atoms with Crippen molar-refractivity contribution in [2.24, 2.45) is 0 Å². The van der Waals surface area contributed by atoms with Crippen molar-refractivity contribution < 1.29 is 4.79 Å². The molecule has 1 N–H and O–H groups in total. The number of nitrogens with one attached hydrogen (secondary N) is 1. The van der Waals surface area contributed by atoms with Crippen molar-refractivity contribution in [1.82, 2.24) is 30.0 Å². The molecule has 134 valence electrons. The average Bonchev–Trinajstić information content (AvgIpc) is 3.32. The summed E-state index contributed by atoms with van der Waals surface area (Å²) in [5.41, 5.74) is 0.750. The number of carbonyl (C=O) groups excluding carboxylic acids is 1. The molecule has 1 saturated carbocycles. The third-order valence-corrected chi connectivity index (χ3v) is 5.41. The SMILES string of the molecule is C[C@@H](C(=O)NC1CCCC1)N1CCN(c2ccc3nncn3n2)CC1. The first-order chi connectivity index (χ1) is 12.2. The summed E-state index contributed by atoms with van der Waals surface area (Å²) in [5.74, 6) is 1.10. The van der Waals surface area contributed by atoms with Gasteiger partial charge < -0.3 is 10.2 Å². The van der Waals surface area contributed by atoms with Crippen molar-refractivity contribution in [2.45, 2.75) is 44.7 Å². The lowest BCUT2D eigenvalue weighted by Gasteiger charge is -2.38. The Kier molecular flexibility index (Phi) is 4.52. The Balaban J connectivity index is 1.33. The Morgan fingerprint density at radius 1 is 1.20 bits per heavy atom. The fraction of sp³-hybridized carbons (Fsp3) is 0.647. The second kappa shape index (κ2) is 6.95. The molecule has 2 aliphatic rings. The minimum atomic E-state index is -0.0731. The standard InChI is InChI=1S/C17H25N7O/c1-13(17(25)19-14-4-2-3-5-14)22-8-10-23(11-9-22)16-7-6-15-20-18-12-24(15)21-16/h6-7,12-14H,2-5,8-11H2,1H3,(H,19,25)/t13-/m0/s1. The normalized spacial score (nSPS) is 20.9. The van der Waals surface area contributed by atoms with Crippen LogP contribution in [-0.4, -0.2) is 68.9 Å². The highest BCUT2D eigenvalue weighted by molar-refractivity contribution is 5.81. The van der Waals surface area contributed by atoms with Crippen molar-refractivity contribution >= 4 is 17.4 Å². The van der Waals surface area contributed by atoms with Gasteiger partial charge in [-0.3, -0.25) is 9.69 Å². The molecule has 2 aromatic heterocycles. The number of anilines is 1. The second-order valence-corrected chi connectivity index (χ2v) is 7.01. The molecule has 8 heteroatoms. The average molecular weight is 343 g/mol. The third kappa shape index (κ3) is 3.44. The molecule has 1 amide bonds. The first kappa shape index (κ1) is 16.3. The summed E-state index contributed by atoms with van der Waals surface area (Å²) in [6.07, 6.45) is 6.35. The third-order valence-electron chi connectivity index (χ3n) is 5.41. The van der Waals surface area contributed by atoms with Gasteiger partial charge in [0.15, 0.2) is 5.65 Å². The van der Waals surface area contributed by atoms with E-state index in [0.717, 1.165) is 50.5 Å². The van der Waals surface area contributed by atoms with E-state index in [9.17, 15) is 4.79 Å². The molecule has 0 radical (unpaired) electrons. The number of piperazine rings is 1. The van der Waals surface area contributed by atoms with Crippen LogP contribution in [0.1, 0.15) is 32.6 Å². The van der Waals surface area contributed by atoms with Gasteiger partial charge in [-0.25, -0.2) is 0 Å². The van der Waals surface area contributed by atoms with Gasteiger partial charge in [0.2, 0.25) is 5.91 Å². The van der Waals surface area contributed by atoms with Crippen LogP contribution in [0.5, 0.6) is 0 Å². The van der Waals surface area contributed by atoms with E-state index >= 15 is 0 Å². The smallest absolute Gasteiger partial charge is 0.237 e. The van der Waals surface area contributed by atoms with E-state index in [0.29, 0.717) is 6.04 Å². The number of aromatic nitrogens is 4. The lowest BCUT2D eigenvalue weighted by molar-refractivity contribution is -0.126. The van der Waals surface area contributed by atoms with Crippen LogP contribution < -0.4 is 10.2 Å². The number of hydrogen-bond donors (Lipinski definition) is 1. The summed E-state index contributed by atoms with van der Waals surface area (Å²) in [5, 5.41) is 15.6. The van der Waals surface area contributed by atoms with Gasteiger partial charge in [0, 0.05) is 32.2 Å². The van der Waals surface area contributed by atoms with Gasteiger partial charge in [-0.1, -0.05) is 12.8 Å². The number of rotatable bonds is 4. The Labute approximate surface area is 147 Å². The lowest BCUT2D eigenvalue weighted by Crippen LogP contribution is -2.55. The topological polar surface area (TPSA) is 78.7 Å². The Morgan fingerprint density at radius 2 is 1.96 bits per heavy atom. The van der Waals surface area contributed by atoms with E-state index in [1.807, 2.05) is 19.1 Å². The van der Waals surface area contributed by atoms with Crippen molar-refractivity contribution in [2.75, 3.05) is 31.1 Å². The van der Waals surface area contributed by atoms with E-state index in [-0.39, 0.29) is 11.9 Å². The van der Waals surface area contributed by atoms with E-state index < -0.39 is 0 Å². The zero-order chi connectivity index (χ0) is 17.2. The molecule has 8 nitrogen and oxygen atoms in total. The van der Waals surface area contributed by atoms with E-state index in [4.69, 9.17) is 0 Å². The molecule has 0 aromatic carbocycles. The Hall–Kier alpha value is -2.22. The number of fused-ring (bicyclic) bond motifs is 1. The van der Waals surface area contributed by atoms with Crippen LogP contribution in [0.3, 0.4) is 0 Å². The second-order valence-electron chi connectivity index (χ2n) is 7.01. The maximum Gasteiger partial charge on any atom is 0.237 e. The molecule has 0 unspecified atom stereocenters. The van der Waals surface area contributed by atoms with Crippen LogP contribution in [0, 0.1) is 0 Å². The summed E-state index contributed by atoms with van der Waals surface area (Å²) in [6, 6.07) is 4.22. The van der Waals surface area contributed by atoms with E-state index in [2.05, 4.69) is 30.4 Å². The van der Waals surface area contributed by atoms with Gasteiger partial charge in [-0.05, 0) is 31.9 Å². The van der Waals surface area contributed by atoms with Gasteiger partial charge in [0.05, 0.1) is 6.04 Å². The first-order valence-electron chi connectivity index (χ1n) is 9.17. The van der Waals surface area contributed by atoms with Crippen LogP contribution in [-0.2, 0) is 4.79 Å². The number of hydrogen-bond acceptors (Lipinski definition) is 6. The minimum absolute atomic E-state index is 0.0731. The van der Waals surface area contributed by atoms with Gasteiger partial charge in [0.25, 0.3) is 0 Å². The summed E-state index contributed by atoms with van der Waals surface area (Å²) in [4.78, 5) is 17.0. The largest absolute Gasteiger partial charge is 0.353 e. The van der Waals surface area contributed by atoms with Gasteiger partial charge in [0.1, 0.15) is 12.1 Å². The predicted octanol–water partition coefficient (Wildman–Crippen LogP) is 0.694. The molecule has 1 atom stereocenters. The molecule has 1 aliphatic heterocycles. The molecule has 0 bridgehead atoms. The predicted molar refractivity (Wildman–Crippen MR) is 94.4 cm³/mol. The van der Waals surface area contributed by atoms with E-state index in [1.54, 1.807) is 10.8 Å². The van der Waals surface area contributed by atoms with Crippen molar-refractivity contribution in [3.63, 3.8) is 0 Å². The molecule has 1 saturated heterocycles.